The van der Waals surface area contributed by atoms with Crippen LogP contribution in [0.3, 0.4) is 0 Å². The number of carbonyl (C=O) groups excluding carboxylic acids is 1. The van der Waals surface area contributed by atoms with Crippen molar-refractivity contribution in [1.82, 2.24) is 0 Å². The maximum Gasteiger partial charge on any atom is 0.306 e. The summed E-state index contributed by atoms with van der Waals surface area (Å²) < 4.78 is 0. The number of hydrogen-bond acceptors (Lipinski definition) is 2. The van der Waals surface area contributed by atoms with E-state index in [1.165, 1.54) is 109 Å². The summed E-state index contributed by atoms with van der Waals surface area (Å²) in [6.07, 6.45) is 41.1. The topological polar surface area (TPSA) is 80.4 Å². The standard InChI is InChI=1S/C39H73NO3/c1-4-6-8-10-12-14-16-18-20-22-24-26-28-30-32-36(39(42)43)34-35(3)37(38(40)41)33-31-29-27-25-23-21-19-17-15-13-11-9-7-5-2/h18-21,35-37H,4-17,22-34H2,1-3H3,(H2,40,41)(H,42,43)/b20-18-,21-19-. The molecule has 0 aromatic heterocycles. The van der Waals surface area contributed by atoms with Gasteiger partial charge in [-0.3, -0.25) is 9.59 Å². The number of carbonyl (C=O) groups is 2. The van der Waals surface area contributed by atoms with Gasteiger partial charge in [-0.05, 0) is 76.5 Å². The van der Waals surface area contributed by atoms with Crippen LogP contribution in [0.5, 0.6) is 0 Å². The lowest BCUT2D eigenvalue weighted by Crippen LogP contribution is -2.31. The van der Waals surface area contributed by atoms with Crippen molar-refractivity contribution < 1.29 is 14.7 Å². The average molecular weight is 604 g/mol. The highest BCUT2D eigenvalue weighted by molar-refractivity contribution is 5.77. The Morgan fingerprint density at radius 3 is 1.28 bits per heavy atom. The van der Waals surface area contributed by atoms with Gasteiger partial charge in [0.05, 0.1) is 5.92 Å². The fourth-order valence-electron chi connectivity index (χ4n) is 6.21. The Kier molecular flexibility index (Phi) is 30.7. The minimum Gasteiger partial charge on any atom is -0.481 e. The van der Waals surface area contributed by atoms with Crippen LogP contribution in [-0.4, -0.2) is 17.0 Å². The van der Waals surface area contributed by atoms with Crippen LogP contribution in [0.1, 0.15) is 194 Å². The van der Waals surface area contributed by atoms with Crippen molar-refractivity contribution in [3.8, 4) is 0 Å². The summed E-state index contributed by atoms with van der Waals surface area (Å²) in [6, 6.07) is 0. The van der Waals surface area contributed by atoms with Gasteiger partial charge in [0.15, 0.2) is 0 Å². The van der Waals surface area contributed by atoms with Crippen LogP contribution < -0.4 is 5.73 Å². The minimum atomic E-state index is -0.725. The Morgan fingerprint density at radius 2 is 0.907 bits per heavy atom. The number of primary amides is 1. The first kappa shape index (κ1) is 41.4. The zero-order valence-electron chi connectivity index (χ0n) is 29.0. The number of hydrogen-bond donors (Lipinski definition) is 2. The van der Waals surface area contributed by atoms with Crippen LogP contribution in [0, 0.1) is 17.8 Å². The van der Waals surface area contributed by atoms with Crippen molar-refractivity contribution >= 4 is 11.9 Å². The molecule has 0 aliphatic rings. The van der Waals surface area contributed by atoms with Gasteiger partial charge >= 0.3 is 5.97 Å². The largest absolute Gasteiger partial charge is 0.481 e. The fourth-order valence-corrected chi connectivity index (χ4v) is 6.21. The van der Waals surface area contributed by atoms with E-state index < -0.39 is 5.97 Å². The Labute approximate surface area is 268 Å². The van der Waals surface area contributed by atoms with Gasteiger partial charge in [-0.15, -0.1) is 0 Å². The number of carboxylic acids is 1. The van der Waals surface area contributed by atoms with Crippen LogP contribution >= 0.6 is 0 Å². The summed E-state index contributed by atoms with van der Waals surface area (Å²) in [4.78, 5) is 24.2. The van der Waals surface area contributed by atoms with Crippen molar-refractivity contribution in [3.05, 3.63) is 24.3 Å². The maximum absolute atomic E-state index is 12.2. The van der Waals surface area contributed by atoms with E-state index >= 15 is 0 Å². The van der Waals surface area contributed by atoms with E-state index in [0.29, 0.717) is 12.8 Å². The lowest BCUT2D eigenvalue weighted by molar-refractivity contribution is -0.143. The third-order valence-electron chi connectivity index (χ3n) is 9.15. The normalized spacial score (nSPS) is 14.0. The summed E-state index contributed by atoms with van der Waals surface area (Å²) in [5, 5.41) is 9.82. The maximum atomic E-state index is 12.2. The molecule has 0 aromatic rings. The van der Waals surface area contributed by atoms with E-state index in [0.717, 1.165) is 51.4 Å². The Hall–Kier alpha value is -1.58. The summed E-state index contributed by atoms with van der Waals surface area (Å²) in [6.45, 7) is 6.55. The van der Waals surface area contributed by atoms with Gasteiger partial charge in [0.25, 0.3) is 0 Å². The molecule has 0 rings (SSSR count). The molecule has 0 aromatic carbocycles. The molecule has 0 bridgehead atoms. The summed E-state index contributed by atoms with van der Waals surface area (Å²) in [7, 11) is 0. The molecular formula is C39H73NO3. The second-order valence-electron chi connectivity index (χ2n) is 13.3. The van der Waals surface area contributed by atoms with E-state index in [9.17, 15) is 14.7 Å². The van der Waals surface area contributed by atoms with Gasteiger partial charge in [-0.1, -0.05) is 148 Å². The first-order chi connectivity index (χ1) is 20.9. The predicted octanol–water partition coefficient (Wildman–Crippen LogP) is 12.1. The molecule has 0 radical (unpaired) electrons. The molecule has 3 atom stereocenters. The molecule has 0 heterocycles. The molecule has 0 spiro atoms. The number of amides is 1. The zero-order chi connectivity index (χ0) is 31.8. The van der Waals surface area contributed by atoms with E-state index in [4.69, 9.17) is 5.73 Å². The molecule has 0 aliphatic heterocycles. The van der Waals surface area contributed by atoms with Crippen LogP contribution in [0.25, 0.3) is 0 Å². The molecule has 4 heteroatoms. The third kappa shape index (κ3) is 27.7. The number of aliphatic carboxylic acids is 1. The Morgan fingerprint density at radius 1 is 0.558 bits per heavy atom. The zero-order valence-corrected chi connectivity index (χ0v) is 29.0. The smallest absolute Gasteiger partial charge is 0.306 e. The van der Waals surface area contributed by atoms with Crippen molar-refractivity contribution in [1.29, 1.82) is 0 Å². The highest BCUT2D eigenvalue weighted by Gasteiger charge is 2.28. The van der Waals surface area contributed by atoms with E-state index in [1.807, 2.05) is 6.92 Å². The highest BCUT2D eigenvalue weighted by Crippen LogP contribution is 2.28. The third-order valence-corrected chi connectivity index (χ3v) is 9.15. The molecule has 0 saturated heterocycles. The molecule has 252 valence electrons. The first-order valence-electron chi connectivity index (χ1n) is 18.8. The molecule has 3 unspecified atom stereocenters. The summed E-state index contributed by atoms with van der Waals surface area (Å²) in [5.74, 6) is -1.57. The van der Waals surface area contributed by atoms with Gasteiger partial charge in [0.1, 0.15) is 0 Å². The Bertz CT molecular complexity index is 686. The number of rotatable bonds is 33. The van der Waals surface area contributed by atoms with Gasteiger partial charge < -0.3 is 10.8 Å². The van der Waals surface area contributed by atoms with E-state index in [2.05, 4.69) is 38.2 Å². The first-order valence-corrected chi connectivity index (χ1v) is 18.8. The average Bonchev–Trinajstić information content (AvgIpc) is 2.98. The van der Waals surface area contributed by atoms with Gasteiger partial charge in [-0.25, -0.2) is 0 Å². The minimum absolute atomic E-state index is 0.0142. The van der Waals surface area contributed by atoms with E-state index in [-0.39, 0.29) is 23.7 Å². The van der Waals surface area contributed by atoms with Crippen molar-refractivity contribution in [3.63, 3.8) is 0 Å². The molecule has 4 nitrogen and oxygen atoms in total. The highest BCUT2D eigenvalue weighted by atomic mass is 16.4. The second kappa shape index (κ2) is 31.8. The van der Waals surface area contributed by atoms with Crippen molar-refractivity contribution in [2.75, 3.05) is 0 Å². The van der Waals surface area contributed by atoms with Crippen LogP contribution in [0.4, 0.5) is 0 Å². The van der Waals surface area contributed by atoms with Crippen LogP contribution in [-0.2, 0) is 9.59 Å². The predicted molar refractivity (Wildman–Crippen MR) is 187 cm³/mol. The molecule has 0 aliphatic carbocycles. The van der Waals surface area contributed by atoms with Gasteiger partial charge in [0.2, 0.25) is 5.91 Å². The van der Waals surface area contributed by atoms with Crippen LogP contribution in [0.2, 0.25) is 0 Å². The SMILES string of the molecule is CCCCCCCC/C=C\CCCCCCC(CC(C)C(CCCCCC/C=C\CCCCCCCC)C(N)=O)C(=O)O. The van der Waals surface area contributed by atoms with E-state index in [1.54, 1.807) is 0 Å². The monoisotopic (exact) mass is 604 g/mol. The molecule has 3 N–H and O–H groups in total. The fraction of sp³-hybridized carbons (Fsp3) is 0.846. The molecule has 43 heavy (non-hydrogen) atoms. The molecular weight excluding hydrogens is 530 g/mol. The number of unbranched alkanes of at least 4 members (excludes halogenated alkanes) is 20. The number of allylic oxidation sites excluding steroid dienone is 4. The Balaban J connectivity index is 4.02. The van der Waals surface area contributed by atoms with Gasteiger partial charge in [0, 0.05) is 5.92 Å². The summed E-state index contributed by atoms with van der Waals surface area (Å²) >= 11 is 0. The van der Waals surface area contributed by atoms with Crippen LogP contribution in [0.15, 0.2) is 24.3 Å². The number of nitrogens with two attached hydrogens (primary N) is 1. The summed E-state index contributed by atoms with van der Waals surface area (Å²) in [5.41, 5.74) is 5.77. The van der Waals surface area contributed by atoms with Crippen molar-refractivity contribution in [2.24, 2.45) is 23.5 Å². The number of carboxylic acid groups (broad SMARTS) is 1. The molecule has 0 fully saturated rings. The lowest BCUT2D eigenvalue weighted by Gasteiger charge is -2.24. The second-order valence-corrected chi connectivity index (χ2v) is 13.3. The van der Waals surface area contributed by atoms with Crippen molar-refractivity contribution in [2.45, 2.75) is 194 Å². The lowest BCUT2D eigenvalue weighted by atomic mass is 9.81. The molecule has 1 amide bonds. The quantitative estimate of drug-likeness (QED) is 0.0578. The van der Waals surface area contributed by atoms with Gasteiger partial charge in [-0.2, -0.15) is 0 Å². The molecule has 0 saturated carbocycles.